The van der Waals surface area contributed by atoms with Crippen LogP contribution in [-0.4, -0.2) is 28.9 Å². The predicted octanol–water partition coefficient (Wildman–Crippen LogP) is 4.01. The summed E-state index contributed by atoms with van der Waals surface area (Å²) in [5.41, 5.74) is -0.0476. The minimum Gasteiger partial charge on any atom is -0.311 e. The molecule has 2 aliphatic rings. The van der Waals surface area contributed by atoms with E-state index in [-0.39, 0.29) is 11.6 Å². The van der Waals surface area contributed by atoms with Crippen molar-refractivity contribution >= 4 is 11.9 Å². The van der Waals surface area contributed by atoms with E-state index in [0.717, 1.165) is 32.2 Å². The van der Waals surface area contributed by atoms with Gasteiger partial charge < -0.3 is 4.90 Å². The third kappa shape index (κ3) is 3.09. The highest BCUT2D eigenvalue weighted by atomic mass is 16.2. The first kappa shape index (κ1) is 16.3. The largest absolute Gasteiger partial charge is 0.323 e. The molecule has 2 unspecified atom stereocenters. The van der Waals surface area contributed by atoms with Gasteiger partial charge in [0.1, 0.15) is 11.4 Å². The number of nitrogens with one attached hydrogen (secondary N) is 2. The van der Waals surface area contributed by atoms with E-state index >= 15 is 0 Å². The van der Waals surface area contributed by atoms with Crippen LogP contribution in [0.15, 0.2) is 0 Å². The molecule has 2 N–H and O–H groups in total. The van der Waals surface area contributed by atoms with E-state index in [1.54, 1.807) is 0 Å². The van der Waals surface area contributed by atoms with E-state index in [1.165, 1.54) is 6.42 Å². The summed E-state index contributed by atoms with van der Waals surface area (Å²) < 4.78 is 0. The third-order valence-electron chi connectivity index (χ3n) is 5.28. The molecular formula is C17H31N3O. The van der Waals surface area contributed by atoms with Crippen LogP contribution in [0.2, 0.25) is 0 Å². The molecule has 0 aromatic heterocycles. The quantitative estimate of drug-likeness (QED) is 0.794. The molecule has 21 heavy (non-hydrogen) atoms. The molecular weight excluding hydrogens is 262 g/mol. The first-order chi connectivity index (χ1) is 9.67. The Morgan fingerprint density at radius 2 is 2.00 bits per heavy atom. The molecule has 2 atom stereocenters. The number of nitrogens with zero attached hydrogens (tertiary/aromatic N) is 1. The second-order valence-electron chi connectivity index (χ2n) is 8.34. The molecule has 2 fully saturated rings. The summed E-state index contributed by atoms with van der Waals surface area (Å²) in [4.78, 5) is 14.2. The summed E-state index contributed by atoms with van der Waals surface area (Å²) in [5.74, 6) is 1.55. The van der Waals surface area contributed by atoms with Crippen LogP contribution in [0.1, 0.15) is 66.7 Å². The Hall–Kier alpha value is -1.06. The lowest BCUT2D eigenvalue weighted by atomic mass is 9.76. The minimum atomic E-state index is -0.360. The Labute approximate surface area is 129 Å². The van der Waals surface area contributed by atoms with Crippen LogP contribution in [0.5, 0.6) is 0 Å². The highest BCUT2D eigenvalue weighted by molar-refractivity contribution is 6.08. The van der Waals surface area contributed by atoms with Crippen LogP contribution < -0.4 is 5.32 Å². The molecule has 0 aromatic carbocycles. The maximum absolute atomic E-state index is 12.3. The van der Waals surface area contributed by atoms with Gasteiger partial charge in [-0.15, -0.1) is 0 Å². The van der Waals surface area contributed by atoms with Crippen molar-refractivity contribution in [1.29, 1.82) is 5.41 Å². The van der Waals surface area contributed by atoms with Crippen molar-refractivity contribution in [1.82, 2.24) is 10.2 Å². The Balaban J connectivity index is 2.23. The molecule has 1 heterocycles. The van der Waals surface area contributed by atoms with E-state index in [2.05, 4.69) is 39.9 Å². The van der Waals surface area contributed by atoms with Crippen molar-refractivity contribution in [2.24, 2.45) is 17.3 Å². The van der Waals surface area contributed by atoms with Gasteiger partial charge in [-0.3, -0.25) is 10.7 Å². The highest BCUT2D eigenvalue weighted by Gasteiger charge is 2.51. The molecule has 2 rings (SSSR count). The fraction of sp³-hybridized carbons (Fsp3) is 0.882. The fourth-order valence-electron chi connectivity index (χ4n) is 3.95. The molecule has 1 saturated heterocycles. The molecule has 1 spiro atoms. The summed E-state index contributed by atoms with van der Waals surface area (Å²) in [6.45, 7) is 11.9. The van der Waals surface area contributed by atoms with Crippen LogP contribution in [0, 0.1) is 22.7 Å². The van der Waals surface area contributed by atoms with E-state index in [9.17, 15) is 4.79 Å². The molecule has 1 aliphatic heterocycles. The molecule has 0 aromatic rings. The molecule has 120 valence electrons. The molecule has 0 radical (unpaired) electrons. The van der Waals surface area contributed by atoms with Crippen molar-refractivity contribution in [3.63, 3.8) is 0 Å². The second kappa shape index (κ2) is 5.62. The van der Waals surface area contributed by atoms with E-state index in [0.29, 0.717) is 23.1 Å². The number of amides is 2. The zero-order valence-corrected chi connectivity index (χ0v) is 14.3. The van der Waals surface area contributed by atoms with Gasteiger partial charge in [0.05, 0.1) is 0 Å². The molecule has 1 saturated carbocycles. The third-order valence-corrected chi connectivity index (χ3v) is 5.28. The SMILES string of the molecule is CC(C)CN1C(=O)NC(=N)C12CCCC(C(C)(C)C)CC2. The van der Waals surface area contributed by atoms with Crippen molar-refractivity contribution in [3.05, 3.63) is 0 Å². The summed E-state index contributed by atoms with van der Waals surface area (Å²) in [6, 6.07) is -0.0668. The van der Waals surface area contributed by atoms with Gasteiger partial charge in [0, 0.05) is 6.54 Å². The number of carbonyl (C=O) groups is 1. The predicted molar refractivity (Wildman–Crippen MR) is 86.6 cm³/mol. The van der Waals surface area contributed by atoms with Gasteiger partial charge in [-0.1, -0.05) is 41.0 Å². The molecule has 2 amide bonds. The van der Waals surface area contributed by atoms with Gasteiger partial charge in [-0.05, 0) is 42.9 Å². The Morgan fingerprint density at radius 3 is 2.57 bits per heavy atom. The van der Waals surface area contributed by atoms with E-state index < -0.39 is 0 Å². The lowest BCUT2D eigenvalue weighted by Gasteiger charge is -2.37. The van der Waals surface area contributed by atoms with Gasteiger partial charge in [0.2, 0.25) is 0 Å². The lowest BCUT2D eigenvalue weighted by Crippen LogP contribution is -2.50. The molecule has 0 bridgehead atoms. The maximum Gasteiger partial charge on any atom is 0.323 e. The average molecular weight is 293 g/mol. The maximum atomic E-state index is 12.3. The molecule has 1 aliphatic carbocycles. The van der Waals surface area contributed by atoms with Gasteiger partial charge in [-0.25, -0.2) is 4.79 Å². The normalized spacial score (nSPS) is 31.0. The summed E-state index contributed by atoms with van der Waals surface area (Å²) in [5, 5.41) is 11.1. The topological polar surface area (TPSA) is 56.2 Å². The number of hydrogen-bond donors (Lipinski definition) is 2. The van der Waals surface area contributed by atoms with Crippen molar-refractivity contribution in [2.45, 2.75) is 72.3 Å². The number of amidine groups is 1. The fourth-order valence-corrected chi connectivity index (χ4v) is 3.95. The second-order valence-corrected chi connectivity index (χ2v) is 8.34. The van der Waals surface area contributed by atoms with Gasteiger partial charge in [0.15, 0.2) is 0 Å². The zero-order valence-electron chi connectivity index (χ0n) is 14.3. The summed E-state index contributed by atoms with van der Waals surface area (Å²) in [7, 11) is 0. The summed E-state index contributed by atoms with van der Waals surface area (Å²) in [6.07, 6.45) is 5.29. The highest BCUT2D eigenvalue weighted by Crippen LogP contribution is 2.43. The van der Waals surface area contributed by atoms with Gasteiger partial charge in [-0.2, -0.15) is 0 Å². The average Bonchev–Trinajstić information content (AvgIpc) is 2.55. The van der Waals surface area contributed by atoms with Crippen molar-refractivity contribution < 1.29 is 4.79 Å². The zero-order chi connectivity index (χ0) is 15.8. The van der Waals surface area contributed by atoms with Gasteiger partial charge in [0.25, 0.3) is 0 Å². The van der Waals surface area contributed by atoms with Crippen LogP contribution in [-0.2, 0) is 0 Å². The van der Waals surface area contributed by atoms with Crippen molar-refractivity contribution in [3.8, 4) is 0 Å². The number of carbonyl (C=O) groups excluding carboxylic acids is 1. The molecule has 4 nitrogen and oxygen atoms in total. The first-order valence-corrected chi connectivity index (χ1v) is 8.34. The van der Waals surface area contributed by atoms with Crippen molar-refractivity contribution in [2.75, 3.05) is 6.54 Å². The van der Waals surface area contributed by atoms with E-state index in [1.807, 2.05) is 4.90 Å². The number of rotatable bonds is 2. The summed E-state index contributed by atoms with van der Waals surface area (Å²) >= 11 is 0. The smallest absolute Gasteiger partial charge is 0.311 e. The van der Waals surface area contributed by atoms with E-state index in [4.69, 9.17) is 5.41 Å². The van der Waals surface area contributed by atoms with Gasteiger partial charge >= 0.3 is 6.03 Å². The number of hydrogen-bond acceptors (Lipinski definition) is 2. The first-order valence-electron chi connectivity index (χ1n) is 8.34. The minimum absolute atomic E-state index is 0.0668. The standard InChI is InChI=1S/C17H31N3O/c1-12(2)11-20-15(21)19-14(18)17(20)9-6-7-13(8-10-17)16(3,4)5/h12-13H,6-11H2,1-5H3,(H2,18,19,21). The lowest BCUT2D eigenvalue weighted by molar-refractivity contribution is 0.147. The van der Waals surface area contributed by atoms with Crippen LogP contribution in [0.4, 0.5) is 4.79 Å². The van der Waals surface area contributed by atoms with Crippen LogP contribution in [0.3, 0.4) is 0 Å². The number of urea groups is 1. The van der Waals surface area contributed by atoms with Crippen LogP contribution in [0.25, 0.3) is 0 Å². The monoisotopic (exact) mass is 293 g/mol. The Kier molecular flexibility index (Phi) is 4.36. The van der Waals surface area contributed by atoms with Crippen LogP contribution >= 0.6 is 0 Å². The molecule has 4 heteroatoms. The Morgan fingerprint density at radius 1 is 1.33 bits per heavy atom. The Bertz CT molecular complexity index is 424.